The Morgan fingerprint density at radius 3 is 2.73 bits per heavy atom. The first-order valence-corrected chi connectivity index (χ1v) is 10.4. The zero-order valence-corrected chi connectivity index (χ0v) is 17.0. The van der Waals surface area contributed by atoms with Gasteiger partial charge in [0.15, 0.2) is 11.5 Å². The van der Waals surface area contributed by atoms with Gasteiger partial charge in [0.05, 0.1) is 19.8 Å². The fourth-order valence-electron chi connectivity index (χ4n) is 2.75. The molecule has 3 aromatic rings. The Labute approximate surface area is 162 Å². The molecule has 1 N–H and O–H groups in total. The molecule has 0 aliphatic rings. The van der Waals surface area contributed by atoms with Gasteiger partial charge in [-0.1, -0.05) is 12.1 Å². The van der Waals surface area contributed by atoms with Crippen molar-refractivity contribution in [3.8, 4) is 11.5 Å². The van der Waals surface area contributed by atoms with E-state index in [0.29, 0.717) is 6.61 Å². The van der Waals surface area contributed by atoms with Crippen molar-refractivity contribution in [1.82, 2.24) is 10.3 Å². The van der Waals surface area contributed by atoms with Crippen LogP contribution in [-0.2, 0) is 13.0 Å². The molecule has 4 nitrogen and oxygen atoms in total. The van der Waals surface area contributed by atoms with Gasteiger partial charge >= 0.3 is 0 Å². The maximum atomic E-state index is 5.69. The van der Waals surface area contributed by atoms with Crippen LogP contribution in [-0.4, -0.2) is 18.7 Å². The molecule has 0 unspecified atom stereocenters. The van der Waals surface area contributed by atoms with Crippen LogP contribution in [0.1, 0.15) is 34.1 Å². The Morgan fingerprint density at radius 2 is 2.08 bits per heavy atom. The fraction of sp³-hybridized carbons (Fsp3) is 0.350. The highest BCUT2D eigenvalue weighted by molar-refractivity contribution is 7.10. The van der Waals surface area contributed by atoms with E-state index in [0.717, 1.165) is 35.2 Å². The SMILES string of the molecule is CCOc1cc(CN[C@H](Cc2cccs2)c2nc(C)cs2)ccc1OC. The number of hydrogen-bond acceptors (Lipinski definition) is 6. The van der Waals surface area contributed by atoms with Gasteiger partial charge in [-0.05, 0) is 43.0 Å². The van der Waals surface area contributed by atoms with Crippen LogP contribution in [0.2, 0.25) is 0 Å². The van der Waals surface area contributed by atoms with E-state index < -0.39 is 0 Å². The summed E-state index contributed by atoms with van der Waals surface area (Å²) < 4.78 is 11.1. The average molecular weight is 389 g/mol. The van der Waals surface area contributed by atoms with Gasteiger partial charge in [-0.2, -0.15) is 0 Å². The maximum absolute atomic E-state index is 5.69. The predicted molar refractivity (Wildman–Crippen MR) is 109 cm³/mol. The second kappa shape index (κ2) is 9.16. The van der Waals surface area contributed by atoms with E-state index in [9.17, 15) is 0 Å². The smallest absolute Gasteiger partial charge is 0.161 e. The van der Waals surface area contributed by atoms with Gasteiger partial charge in [0, 0.05) is 28.9 Å². The fourth-order valence-corrected chi connectivity index (χ4v) is 4.37. The zero-order chi connectivity index (χ0) is 18.4. The van der Waals surface area contributed by atoms with Crippen molar-refractivity contribution in [2.75, 3.05) is 13.7 Å². The van der Waals surface area contributed by atoms with Gasteiger partial charge in [0.2, 0.25) is 0 Å². The Balaban J connectivity index is 1.74. The van der Waals surface area contributed by atoms with E-state index in [2.05, 4.69) is 34.3 Å². The number of aryl methyl sites for hydroxylation is 1. The molecule has 26 heavy (non-hydrogen) atoms. The van der Waals surface area contributed by atoms with E-state index in [-0.39, 0.29) is 6.04 Å². The number of aromatic nitrogens is 1. The first-order valence-electron chi connectivity index (χ1n) is 8.67. The summed E-state index contributed by atoms with van der Waals surface area (Å²) in [5.74, 6) is 1.55. The summed E-state index contributed by atoms with van der Waals surface area (Å²) in [6.07, 6.45) is 0.944. The molecule has 0 aliphatic carbocycles. The summed E-state index contributed by atoms with van der Waals surface area (Å²) in [5, 5.41) is 9.04. The second-order valence-corrected chi connectivity index (χ2v) is 7.88. The van der Waals surface area contributed by atoms with Gasteiger partial charge in [0.1, 0.15) is 5.01 Å². The van der Waals surface area contributed by atoms with Crippen LogP contribution in [0, 0.1) is 6.92 Å². The van der Waals surface area contributed by atoms with Crippen molar-refractivity contribution in [2.45, 2.75) is 32.9 Å². The number of nitrogens with one attached hydrogen (secondary N) is 1. The van der Waals surface area contributed by atoms with Crippen molar-refractivity contribution in [3.63, 3.8) is 0 Å². The van der Waals surface area contributed by atoms with Crippen LogP contribution in [0.15, 0.2) is 41.1 Å². The second-order valence-electron chi connectivity index (χ2n) is 5.96. The first kappa shape index (κ1) is 18.9. The summed E-state index contributed by atoms with van der Waals surface area (Å²) in [6, 6.07) is 10.6. The highest BCUT2D eigenvalue weighted by Crippen LogP contribution is 2.29. The maximum Gasteiger partial charge on any atom is 0.161 e. The van der Waals surface area contributed by atoms with Crippen molar-refractivity contribution < 1.29 is 9.47 Å². The molecule has 0 saturated heterocycles. The number of thiazole rings is 1. The molecule has 2 heterocycles. The quantitative estimate of drug-likeness (QED) is 0.560. The molecule has 2 aromatic heterocycles. The Hall–Kier alpha value is -1.89. The summed E-state index contributed by atoms with van der Waals surface area (Å²) in [4.78, 5) is 6.06. The minimum absolute atomic E-state index is 0.199. The van der Waals surface area contributed by atoms with Crippen LogP contribution < -0.4 is 14.8 Å². The largest absolute Gasteiger partial charge is 0.493 e. The van der Waals surface area contributed by atoms with Gasteiger partial charge in [-0.15, -0.1) is 22.7 Å². The highest BCUT2D eigenvalue weighted by Gasteiger charge is 2.16. The first-order chi connectivity index (χ1) is 12.7. The van der Waals surface area contributed by atoms with Crippen LogP contribution >= 0.6 is 22.7 Å². The lowest BCUT2D eigenvalue weighted by atomic mass is 10.1. The Morgan fingerprint density at radius 1 is 1.19 bits per heavy atom. The van der Waals surface area contributed by atoms with Crippen molar-refractivity contribution in [2.24, 2.45) is 0 Å². The van der Waals surface area contributed by atoms with Gasteiger partial charge in [-0.25, -0.2) is 4.98 Å². The van der Waals surface area contributed by atoms with Gasteiger partial charge < -0.3 is 14.8 Å². The van der Waals surface area contributed by atoms with Crippen LogP contribution in [0.25, 0.3) is 0 Å². The molecular formula is C20H24N2O2S2. The average Bonchev–Trinajstić information content (AvgIpc) is 3.30. The van der Waals surface area contributed by atoms with Gasteiger partial charge in [0.25, 0.3) is 0 Å². The van der Waals surface area contributed by atoms with Crippen molar-refractivity contribution in [3.05, 3.63) is 62.2 Å². The predicted octanol–water partition coefficient (Wildman–Crippen LogP) is 4.99. The summed E-state index contributed by atoms with van der Waals surface area (Å²) in [5.41, 5.74) is 2.24. The minimum atomic E-state index is 0.199. The standard InChI is InChI=1S/C20H24N2O2S2/c1-4-24-19-10-15(7-8-18(19)23-3)12-21-17(11-16-6-5-9-25-16)20-22-14(2)13-26-20/h5-10,13,17,21H,4,11-12H2,1-3H3/t17-/m1/s1. The molecule has 3 rings (SSSR count). The molecule has 0 amide bonds. The summed E-state index contributed by atoms with van der Waals surface area (Å²) >= 11 is 3.51. The molecule has 0 bridgehead atoms. The number of hydrogen-bond donors (Lipinski definition) is 1. The molecule has 0 fully saturated rings. The molecule has 0 spiro atoms. The number of nitrogens with zero attached hydrogens (tertiary/aromatic N) is 1. The molecule has 1 atom stereocenters. The number of thiophene rings is 1. The van der Waals surface area contributed by atoms with E-state index in [1.807, 2.05) is 26.0 Å². The minimum Gasteiger partial charge on any atom is -0.493 e. The Bertz CT molecular complexity index is 815. The van der Waals surface area contributed by atoms with E-state index in [4.69, 9.17) is 14.5 Å². The molecule has 0 saturated carbocycles. The number of ether oxygens (including phenoxy) is 2. The van der Waals surface area contributed by atoms with Gasteiger partial charge in [-0.3, -0.25) is 0 Å². The third-order valence-electron chi connectivity index (χ3n) is 4.00. The molecule has 0 radical (unpaired) electrons. The van der Waals surface area contributed by atoms with Crippen LogP contribution in [0.5, 0.6) is 11.5 Å². The highest BCUT2D eigenvalue weighted by atomic mass is 32.1. The zero-order valence-electron chi connectivity index (χ0n) is 15.3. The van der Waals surface area contributed by atoms with Crippen LogP contribution in [0.4, 0.5) is 0 Å². The third kappa shape index (κ3) is 4.84. The summed E-state index contributed by atoms with van der Waals surface area (Å²) in [7, 11) is 1.66. The topological polar surface area (TPSA) is 43.4 Å². The van der Waals surface area contributed by atoms with E-state index in [1.165, 1.54) is 10.4 Å². The Kier molecular flexibility index (Phi) is 6.66. The molecule has 138 valence electrons. The van der Waals surface area contributed by atoms with Crippen molar-refractivity contribution in [1.29, 1.82) is 0 Å². The molecule has 0 aliphatic heterocycles. The number of rotatable bonds is 9. The molecule has 1 aromatic carbocycles. The van der Waals surface area contributed by atoms with E-state index in [1.54, 1.807) is 29.8 Å². The molecular weight excluding hydrogens is 364 g/mol. The van der Waals surface area contributed by atoms with E-state index >= 15 is 0 Å². The monoisotopic (exact) mass is 388 g/mol. The number of benzene rings is 1. The molecule has 6 heteroatoms. The summed E-state index contributed by atoms with van der Waals surface area (Å²) in [6.45, 7) is 5.39. The third-order valence-corrected chi connectivity index (χ3v) is 5.98. The normalized spacial score (nSPS) is 12.1. The lowest BCUT2D eigenvalue weighted by Crippen LogP contribution is -2.22. The van der Waals surface area contributed by atoms with Crippen molar-refractivity contribution >= 4 is 22.7 Å². The number of methoxy groups -OCH3 is 1. The lowest BCUT2D eigenvalue weighted by molar-refractivity contribution is 0.310. The lowest BCUT2D eigenvalue weighted by Gasteiger charge is -2.17. The van der Waals surface area contributed by atoms with Crippen LogP contribution in [0.3, 0.4) is 0 Å².